The van der Waals surface area contributed by atoms with Crippen LogP contribution < -0.4 is 15.8 Å². The fourth-order valence-electron chi connectivity index (χ4n) is 1.70. The third-order valence-electron chi connectivity index (χ3n) is 3.11. The van der Waals surface area contributed by atoms with Gasteiger partial charge in [0.2, 0.25) is 5.91 Å². The Hall–Kier alpha value is -1.26. The Morgan fingerprint density at radius 1 is 1.53 bits per heavy atom. The average molecular weight is 285 g/mol. The molecular formula is C14H21ClN2O2. The van der Waals surface area contributed by atoms with Crippen LogP contribution in [0.5, 0.6) is 5.75 Å². The van der Waals surface area contributed by atoms with Gasteiger partial charge in [0.15, 0.2) is 0 Å². The lowest BCUT2D eigenvalue weighted by atomic mass is 10.2. The van der Waals surface area contributed by atoms with E-state index in [1.165, 1.54) is 0 Å². The van der Waals surface area contributed by atoms with Crippen molar-refractivity contribution in [3.8, 4) is 5.75 Å². The highest BCUT2D eigenvalue weighted by Crippen LogP contribution is 2.32. The number of carbonyl (C=O) groups is 1. The van der Waals surface area contributed by atoms with Gasteiger partial charge in [-0.1, -0.05) is 12.1 Å². The molecule has 0 radical (unpaired) electrons. The molecule has 0 aliphatic heterocycles. The Balaban J connectivity index is 0.00000180. The predicted molar refractivity (Wildman–Crippen MR) is 77.7 cm³/mol. The van der Waals surface area contributed by atoms with Crippen LogP contribution in [0.4, 0.5) is 0 Å². The summed E-state index contributed by atoms with van der Waals surface area (Å²) in [4.78, 5) is 11.7. The Kier molecular flexibility index (Phi) is 5.20. The van der Waals surface area contributed by atoms with Crippen LogP contribution in [-0.4, -0.2) is 24.1 Å². The highest BCUT2D eigenvalue weighted by molar-refractivity contribution is 5.89. The highest BCUT2D eigenvalue weighted by Gasteiger charge is 2.46. The van der Waals surface area contributed by atoms with E-state index in [0.717, 1.165) is 24.2 Å². The molecule has 106 valence electrons. The van der Waals surface area contributed by atoms with E-state index < -0.39 is 5.54 Å². The molecule has 4 nitrogen and oxygen atoms in total. The number of hydrogen-bond acceptors (Lipinski definition) is 3. The first-order valence-electron chi connectivity index (χ1n) is 6.29. The van der Waals surface area contributed by atoms with Gasteiger partial charge in [-0.25, -0.2) is 0 Å². The molecular weight excluding hydrogens is 264 g/mol. The molecule has 1 aromatic carbocycles. The number of halogens is 1. The largest absolute Gasteiger partial charge is 0.491 e. The highest BCUT2D eigenvalue weighted by atomic mass is 35.5. The summed E-state index contributed by atoms with van der Waals surface area (Å²) in [5.74, 6) is 0.757. The quantitative estimate of drug-likeness (QED) is 0.866. The maximum atomic E-state index is 11.7. The van der Waals surface area contributed by atoms with Crippen LogP contribution in [0.1, 0.15) is 25.3 Å². The summed E-state index contributed by atoms with van der Waals surface area (Å²) in [6.45, 7) is 4.38. The molecule has 5 heteroatoms. The lowest BCUT2D eigenvalue weighted by molar-refractivity contribution is -0.124. The SMILES string of the molecule is Cc1cccc(OCC(C)NC(=O)C2(N)CC2)c1.Cl. The zero-order chi connectivity index (χ0) is 13.2. The van der Waals surface area contributed by atoms with Crippen molar-refractivity contribution in [2.75, 3.05) is 6.61 Å². The van der Waals surface area contributed by atoms with Gasteiger partial charge in [-0.2, -0.15) is 0 Å². The minimum Gasteiger partial charge on any atom is -0.491 e. The molecule has 0 heterocycles. The van der Waals surface area contributed by atoms with E-state index in [1.807, 2.05) is 38.1 Å². The Morgan fingerprint density at radius 3 is 2.79 bits per heavy atom. The van der Waals surface area contributed by atoms with Gasteiger partial charge in [0.1, 0.15) is 12.4 Å². The topological polar surface area (TPSA) is 64.3 Å². The molecule has 1 amide bonds. The van der Waals surface area contributed by atoms with Crippen molar-refractivity contribution in [3.63, 3.8) is 0 Å². The van der Waals surface area contributed by atoms with Gasteiger partial charge in [-0.05, 0) is 44.4 Å². The number of benzene rings is 1. The molecule has 0 saturated heterocycles. The Morgan fingerprint density at radius 2 is 2.21 bits per heavy atom. The van der Waals surface area contributed by atoms with Gasteiger partial charge < -0.3 is 15.8 Å². The van der Waals surface area contributed by atoms with Crippen molar-refractivity contribution < 1.29 is 9.53 Å². The minimum atomic E-state index is -0.613. The molecule has 1 unspecified atom stereocenters. The molecule has 19 heavy (non-hydrogen) atoms. The third kappa shape index (κ3) is 4.40. The molecule has 1 saturated carbocycles. The lowest BCUT2D eigenvalue weighted by Gasteiger charge is -2.17. The third-order valence-corrected chi connectivity index (χ3v) is 3.11. The number of rotatable bonds is 5. The maximum Gasteiger partial charge on any atom is 0.240 e. The van der Waals surface area contributed by atoms with Crippen LogP contribution >= 0.6 is 12.4 Å². The zero-order valence-corrected chi connectivity index (χ0v) is 12.1. The molecule has 3 N–H and O–H groups in total. The van der Waals surface area contributed by atoms with E-state index in [4.69, 9.17) is 10.5 Å². The molecule has 1 atom stereocenters. The summed E-state index contributed by atoms with van der Waals surface area (Å²) in [5, 5.41) is 2.88. The molecule has 0 spiro atoms. The smallest absolute Gasteiger partial charge is 0.240 e. The first-order chi connectivity index (χ1) is 8.49. The van der Waals surface area contributed by atoms with Crippen LogP contribution in [0.3, 0.4) is 0 Å². The van der Waals surface area contributed by atoms with Crippen LogP contribution in [-0.2, 0) is 4.79 Å². The van der Waals surface area contributed by atoms with Gasteiger partial charge in [0, 0.05) is 0 Å². The number of ether oxygens (including phenoxy) is 1. The second-order valence-electron chi connectivity index (χ2n) is 5.16. The van der Waals surface area contributed by atoms with Crippen LogP contribution in [0, 0.1) is 6.92 Å². The monoisotopic (exact) mass is 284 g/mol. The van der Waals surface area contributed by atoms with E-state index in [1.54, 1.807) is 0 Å². The van der Waals surface area contributed by atoms with Crippen molar-refractivity contribution in [2.45, 2.75) is 38.3 Å². The summed E-state index contributed by atoms with van der Waals surface area (Å²) in [7, 11) is 0. The molecule has 1 fully saturated rings. The van der Waals surface area contributed by atoms with E-state index in [2.05, 4.69) is 5.32 Å². The van der Waals surface area contributed by atoms with Gasteiger partial charge in [-0.15, -0.1) is 12.4 Å². The second kappa shape index (κ2) is 6.26. The van der Waals surface area contributed by atoms with Gasteiger partial charge in [0.25, 0.3) is 0 Å². The van der Waals surface area contributed by atoms with Crippen LogP contribution in [0.25, 0.3) is 0 Å². The summed E-state index contributed by atoms with van der Waals surface area (Å²) in [6.07, 6.45) is 1.56. The van der Waals surface area contributed by atoms with E-state index in [-0.39, 0.29) is 24.4 Å². The fourth-order valence-corrected chi connectivity index (χ4v) is 1.70. The molecule has 1 aliphatic carbocycles. The number of nitrogens with one attached hydrogen (secondary N) is 1. The molecule has 1 aliphatic rings. The Bertz CT molecular complexity index is 447. The molecule has 0 bridgehead atoms. The zero-order valence-electron chi connectivity index (χ0n) is 11.3. The lowest BCUT2D eigenvalue weighted by Crippen LogP contribution is -2.47. The van der Waals surface area contributed by atoms with Crippen molar-refractivity contribution in [1.82, 2.24) is 5.32 Å². The normalized spacial score (nSPS) is 17.0. The summed E-state index contributed by atoms with van der Waals surface area (Å²) >= 11 is 0. The van der Waals surface area contributed by atoms with Crippen molar-refractivity contribution in [1.29, 1.82) is 0 Å². The van der Waals surface area contributed by atoms with Gasteiger partial charge >= 0.3 is 0 Å². The number of aryl methyl sites for hydroxylation is 1. The fraction of sp³-hybridized carbons (Fsp3) is 0.500. The molecule has 2 rings (SSSR count). The molecule has 1 aromatic rings. The number of nitrogens with two attached hydrogens (primary N) is 1. The van der Waals surface area contributed by atoms with Crippen LogP contribution in [0.2, 0.25) is 0 Å². The van der Waals surface area contributed by atoms with E-state index in [9.17, 15) is 4.79 Å². The van der Waals surface area contributed by atoms with Crippen molar-refractivity contribution in [2.24, 2.45) is 5.73 Å². The number of carbonyl (C=O) groups excluding carboxylic acids is 1. The number of amides is 1. The minimum absolute atomic E-state index is 0. The van der Waals surface area contributed by atoms with Gasteiger partial charge in [0.05, 0.1) is 11.6 Å². The van der Waals surface area contributed by atoms with E-state index >= 15 is 0 Å². The first-order valence-corrected chi connectivity index (χ1v) is 6.29. The number of hydrogen-bond donors (Lipinski definition) is 2. The predicted octanol–water partition coefficient (Wildman–Crippen LogP) is 1.79. The van der Waals surface area contributed by atoms with E-state index in [0.29, 0.717) is 6.61 Å². The maximum absolute atomic E-state index is 11.7. The summed E-state index contributed by atoms with van der Waals surface area (Å²) < 4.78 is 5.63. The average Bonchev–Trinajstić information content (AvgIpc) is 3.06. The molecule has 0 aromatic heterocycles. The van der Waals surface area contributed by atoms with Crippen molar-refractivity contribution in [3.05, 3.63) is 29.8 Å². The summed E-state index contributed by atoms with van der Waals surface area (Å²) in [5.41, 5.74) is 6.35. The first kappa shape index (κ1) is 15.8. The second-order valence-corrected chi connectivity index (χ2v) is 5.16. The Labute approximate surface area is 120 Å². The van der Waals surface area contributed by atoms with Crippen LogP contribution in [0.15, 0.2) is 24.3 Å². The van der Waals surface area contributed by atoms with Gasteiger partial charge in [-0.3, -0.25) is 4.79 Å². The van der Waals surface area contributed by atoms with Crippen molar-refractivity contribution >= 4 is 18.3 Å². The summed E-state index contributed by atoms with van der Waals surface area (Å²) in [6, 6.07) is 7.81. The standard InChI is InChI=1S/C14H20N2O2.ClH/c1-10-4-3-5-12(8-10)18-9-11(2)16-13(17)14(15)6-7-14;/h3-5,8,11H,6-7,9,15H2,1-2H3,(H,16,17);1H.